The molecule has 0 amide bonds. The third-order valence-corrected chi connectivity index (χ3v) is 3.88. The lowest BCUT2D eigenvalue weighted by Crippen LogP contribution is -2.45. The van der Waals surface area contributed by atoms with Crippen molar-refractivity contribution in [2.24, 2.45) is 0 Å². The molecule has 0 bridgehead atoms. The molecule has 1 aromatic heterocycles. The van der Waals surface area contributed by atoms with E-state index in [1.165, 1.54) is 11.1 Å². The molecule has 0 atom stereocenters. The first-order chi connectivity index (χ1) is 10.2. The molecule has 1 aromatic carbocycles. The van der Waals surface area contributed by atoms with Gasteiger partial charge in [0.05, 0.1) is 6.54 Å². The summed E-state index contributed by atoms with van der Waals surface area (Å²) in [6.45, 7) is 10.1. The monoisotopic (exact) mass is 286 g/mol. The van der Waals surface area contributed by atoms with Crippen molar-refractivity contribution in [3.8, 4) is 0 Å². The average Bonchev–Trinajstić information content (AvgIpc) is 2.86. The minimum absolute atomic E-state index is 0.711. The molecule has 0 radical (unpaired) electrons. The molecular weight excluding hydrogens is 264 g/mol. The highest BCUT2D eigenvalue weighted by Crippen LogP contribution is 2.12. The van der Waals surface area contributed by atoms with Gasteiger partial charge in [-0.3, -0.25) is 9.80 Å². The van der Waals surface area contributed by atoms with E-state index in [1.807, 2.05) is 6.92 Å². The predicted octanol–water partition coefficient (Wildman–Crippen LogP) is 2.00. The van der Waals surface area contributed by atoms with Gasteiger partial charge in [0.1, 0.15) is 0 Å². The van der Waals surface area contributed by atoms with E-state index < -0.39 is 0 Å². The molecule has 3 rings (SSSR count). The second-order valence-electron chi connectivity index (χ2n) is 5.78. The number of aryl methyl sites for hydroxylation is 2. The summed E-state index contributed by atoms with van der Waals surface area (Å²) in [7, 11) is 0. The second-order valence-corrected chi connectivity index (χ2v) is 5.78. The third kappa shape index (κ3) is 3.89. The first kappa shape index (κ1) is 14.2. The van der Waals surface area contributed by atoms with Gasteiger partial charge in [0.15, 0.2) is 5.82 Å². The molecule has 0 saturated carbocycles. The van der Waals surface area contributed by atoms with E-state index >= 15 is 0 Å². The molecule has 5 nitrogen and oxygen atoms in total. The largest absolute Gasteiger partial charge is 0.338 e. The van der Waals surface area contributed by atoms with Gasteiger partial charge in [-0.05, 0) is 19.4 Å². The summed E-state index contributed by atoms with van der Waals surface area (Å²) >= 11 is 0. The van der Waals surface area contributed by atoms with Gasteiger partial charge < -0.3 is 4.52 Å². The fourth-order valence-electron chi connectivity index (χ4n) is 2.77. The number of aromatic nitrogens is 2. The Kier molecular flexibility index (Phi) is 4.31. The van der Waals surface area contributed by atoms with Crippen LogP contribution in [0.2, 0.25) is 0 Å². The lowest BCUT2D eigenvalue weighted by molar-refractivity contribution is 0.112. The summed E-state index contributed by atoms with van der Waals surface area (Å²) in [6, 6.07) is 8.76. The van der Waals surface area contributed by atoms with Crippen LogP contribution in [-0.2, 0) is 13.1 Å². The van der Waals surface area contributed by atoms with Crippen LogP contribution in [-0.4, -0.2) is 46.1 Å². The van der Waals surface area contributed by atoms with E-state index in [4.69, 9.17) is 4.52 Å². The molecule has 0 N–H and O–H groups in total. The minimum atomic E-state index is 0.711. The Labute approximate surface area is 125 Å². The van der Waals surface area contributed by atoms with E-state index in [1.54, 1.807) is 0 Å². The molecule has 112 valence electrons. The molecular formula is C16H22N4O. The fourth-order valence-corrected chi connectivity index (χ4v) is 2.77. The number of benzene rings is 1. The number of nitrogens with zero attached hydrogens (tertiary/aromatic N) is 4. The topological polar surface area (TPSA) is 45.4 Å². The van der Waals surface area contributed by atoms with Crippen LogP contribution in [0.3, 0.4) is 0 Å². The third-order valence-electron chi connectivity index (χ3n) is 3.88. The molecule has 1 aliphatic heterocycles. The quantitative estimate of drug-likeness (QED) is 0.860. The molecule has 1 fully saturated rings. The maximum Gasteiger partial charge on any atom is 0.240 e. The normalized spacial score (nSPS) is 17.2. The zero-order valence-corrected chi connectivity index (χ0v) is 12.7. The van der Waals surface area contributed by atoms with Gasteiger partial charge in [-0.25, -0.2) is 0 Å². The summed E-state index contributed by atoms with van der Waals surface area (Å²) in [5, 5.41) is 3.84. The maximum atomic E-state index is 5.19. The molecule has 5 heteroatoms. The number of hydrogen-bond acceptors (Lipinski definition) is 5. The van der Waals surface area contributed by atoms with Crippen molar-refractivity contribution in [3.63, 3.8) is 0 Å². The highest BCUT2D eigenvalue weighted by atomic mass is 16.5. The zero-order chi connectivity index (χ0) is 14.7. The van der Waals surface area contributed by atoms with Crippen LogP contribution in [0.1, 0.15) is 22.8 Å². The second kappa shape index (κ2) is 6.37. The molecule has 1 saturated heterocycles. The van der Waals surface area contributed by atoms with Crippen LogP contribution in [0.5, 0.6) is 0 Å². The molecule has 0 unspecified atom stereocenters. The SMILES string of the molecule is Cc1cccc(CN2CCN(Cc3nc(C)no3)CC2)c1. The minimum Gasteiger partial charge on any atom is -0.338 e. The van der Waals surface area contributed by atoms with Crippen molar-refractivity contribution in [2.75, 3.05) is 26.2 Å². The van der Waals surface area contributed by atoms with E-state index in [0.717, 1.165) is 45.2 Å². The van der Waals surface area contributed by atoms with Crippen molar-refractivity contribution < 1.29 is 4.52 Å². The van der Waals surface area contributed by atoms with Crippen LogP contribution in [0.15, 0.2) is 28.8 Å². The van der Waals surface area contributed by atoms with Crippen LogP contribution in [0, 0.1) is 13.8 Å². The van der Waals surface area contributed by atoms with Crippen molar-refractivity contribution >= 4 is 0 Å². The highest BCUT2D eigenvalue weighted by molar-refractivity contribution is 5.22. The fraction of sp³-hybridized carbons (Fsp3) is 0.500. The number of hydrogen-bond donors (Lipinski definition) is 0. The van der Waals surface area contributed by atoms with E-state index in [2.05, 4.69) is 51.1 Å². The van der Waals surface area contributed by atoms with Gasteiger partial charge in [-0.2, -0.15) is 4.98 Å². The lowest BCUT2D eigenvalue weighted by Gasteiger charge is -2.33. The van der Waals surface area contributed by atoms with Crippen molar-refractivity contribution in [1.82, 2.24) is 19.9 Å². The summed E-state index contributed by atoms with van der Waals surface area (Å²) in [6.07, 6.45) is 0. The first-order valence-electron chi connectivity index (χ1n) is 7.48. The number of rotatable bonds is 4. The molecule has 0 spiro atoms. The van der Waals surface area contributed by atoms with E-state index in [9.17, 15) is 0 Å². The summed E-state index contributed by atoms with van der Waals surface area (Å²) in [5.41, 5.74) is 2.73. The molecule has 0 aliphatic carbocycles. The Hall–Kier alpha value is -1.72. The van der Waals surface area contributed by atoms with Crippen LogP contribution in [0.4, 0.5) is 0 Å². The Morgan fingerprint density at radius 1 is 1.05 bits per heavy atom. The van der Waals surface area contributed by atoms with Gasteiger partial charge in [-0.15, -0.1) is 0 Å². The van der Waals surface area contributed by atoms with E-state index in [-0.39, 0.29) is 0 Å². The number of piperazine rings is 1. The molecule has 2 aromatic rings. The predicted molar refractivity (Wildman–Crippen MR) is 80.8 cm³/mol. The summed E-state index contributed by atoms with van der Waals surface area (Å²) in [4.78, 5) is 9.15. The maximum absolute atomic E-state index is 5.19. The Bertz CT molecular complexity index is 587. The first-order valence-corrected chi connectivity index (χ1v) is 7.48. The Balaban J connectivity index is 1.48. The standard InChI is InChI=1S/C16H22N4O/c1-13-4-3-5-15(10-13)11-19-6-8-20(9-7-19)12-16-17-14(2)18-21-16/h3-5,10H,6-9,11-12H2,1-2H3. The average molecular weight is 286 g/mol. The molecule has 2 heterocycles. The van der Waals surface area contributed by atoms with Crippen LogP contribution in [0.25, 0.3) is 0 Å². The molecule has 21 heavy (non-hydrogen) atoms. The Morgan fingerprint density at radius 3 is 2.38 bits per heavy atom. The van der Waals surface area contributed by atoms with Crippen LogP contribution < -0.4 is 0 Å². The van der Waals surface area contributed by atoms with Crippen molar-refractivity contribution in [3.05, 3.63) is 47.1 Å². The van der Waals surface area contributed by atoms with Gasteiger partial charge in [0, 0.05) is 32.7 Å². The molecule has 1 aliphatic rings. The summed E-state index contributed by atoms with van der Waals surface area (Å²) < 4.78 is 5.19. The van der Waals surface area contributed by atoms with Gasteiger partial charge >= 0.3 is 0 Å². The van der Waals surface area contributed by atoms with Crippen LogP contribution >= 0.6 is 0 Å². The lowest BCUT2D eigenvalue weighted by atomic mass is 10.1. The van der Waals surface area contributed by atoms with Crippen molar-refractivity contribution in [2.45, 2.75) is 26.9 Å². The zero-order valence-electron chi connectivity index (χ0n) is 12.7. The van der Waals surface area contributed by atoms with Gasteiger partial charge in [-0.1, -0.05) is 35.0 Å². The summed E-state index contributed by atoms with van der Waals surface area (Å²) in [5.74, 6) is 1.43. The highest BCUT2D eigenvalue weighted by Gasteiger charge is 2.18. The Morgan fingerprint density at radius 2 is 1.76 bits per heavy atom. The van der Waals surface area contributed by atoms with E-state index in [0.29, 0.717) is 5.82 Å². The smallest absolute Gasteiger partial charge is 0.240 e. The van der Waals surface area contributed by atoms with Gasteiger partial charge in [0.25, 0.3) is 0 Å². The van der Waals surface area contributed by atoms with Gasteiger partial charge in [0.2, 0.25) is 5.89 Å². The van der Waals surface area contributed by atoms with Crippen molar-refractivity contribution in [1.29, 1.82) is 0 Å².